The Morgan fingerprint density at radius 2 is 2.12 bits per heavy atom. The van der Waals surface area contributed by atoms with E-state index in [-0.39, 0.29) is 23.2 Å². The van der Waals surface area contributed by atoms with Gasteiger partial charge in [0, 0.05) is 24.7 Å². The predicted molar refractivity (Wildman–Crippen MR) is 91.5 cm³/mol. The van der Waals surface area contributed by atoms with Crippen molar-refractivity contribution in [2.24, 2.45) is 5.92 Å². The highest BCUT2D eigenvalue weighted by atomic mass is 16.5. The molecule has 1 aliphatic heterocycles. The Morgan fingerprint density at radius 3 is 2.75 bits per heavy atom. The smallest absolute Gasteiger partial charge is 0.320 e. The number of nitrogens with zero attached hydrogens (tertiary/aromatic N) is 3. The molecule has 7 nitrogen and oxygen atoms in total. The molecule has 1 amide bonds. The first-order valence-corrected chi connectivity index (χ1v) is 8.35. The van der Waals surface area contributed by atoms with Crippen LogP contribution < -0.4 is 14.8 Å². The topological polar surface area (TPSA) is 76.6 Å². The van der Waals surface area contributed by atoms with Crippen LogP contribution in [0.15, 0.2) is 6.07 Å². The lowest BCUT2D eigenvalue weighted by Crippen LogP contribution is -2.53. The first-order chi connectivity index (χ1) is 11.3. The number of hydrogen-bond donors (Lipinski definition) is 1. The maximum Gasteiger partial charge on any atom is 0.320 e. The number of methoxy groups -OCH3 is 2. The molecule has 0 unspecified atom stereocenters. The van der Waals surface area contributed by atoms with E-state index in [2.05, 4.69) is 27.1 Å². The Bertz CT molecular complexity index is 555. The summed E-state index contributed by atoms with van der Waals surface area (Å²) in [4.78, 5) is 23.1. The van der Waals surface area contributed by atoms with E-state index in [0.717, 1.165) is 19.6 Å². The molecule has 0 bridgehead atoms. The van der Waals surface area contributed by atoms with E-state index < -0.39 is 0 Å². The zero-order chi connectivity index (χ0) is 17.7. The van der Waals surface area contributed by atoms with Crippen LogP contribution in [0.1, 0.15) is 44.1 Å². The standard InChI is InChI=1S/C17H28N4O3/c1-12-7-6-8-21(10-12)11-17(2,3)20-15(22)13-9-14(23-4)19-16(18-13)24-5/h9,12H,6-8,10-11H2,1-5H3,(H,20,22)/t12-/m0/s1. The number of aromatic nitrogens is 2. The van der Waals surface area contributed by atoms with Crippen LogP contribution in [-0.4, -0.2) is 60.2 Å². The van der Waals surface area contributed by atoms with Crippen molar-refractivity contribution in [2.45, 2.75) is 39.2 Å². The lowest BCUT2D eigenvalue weighted by Gasteiger charge is -2.37. The first-order valence-electron chi connectivity index (χ1n) is 8.35. The second-order valence-corrected chi connectivity index (χ2v) is 7.10. The van der Waals surface area contributed by atoms with Gasteiger partial charge in [0.05, 0.1) is 14.2 Å². The van der Waals surface area contributed by atoms with Crippen molar-refractivity contribution < 1.29 is 14.3 Å². The van der Waals surface area contributed by atoms with E-state index in [1.54, 1.807) is 0 Å². The Balaban J connectivity index is 2.04. The largest absolute Gasteiger partial charge is 0.481 e. The fourth-order valence-corrected chi connectivity index (χ4v) is 3.12. The number of piperidine rings is 1. The van der Waals surface area contributed by atoms with Crippen LogP contribution in [0, 0.1) is 5.92 Å². The van der Waals surface area contributed by atoms with E-state index in [0.29, 0.717) is 11.8 Å². The molecular formula is C17H28N4O3. The molecular weight excluding hydrogens is 308 g/mol. The zero-order valence-corrected chi connectivity index (χ0v) is 15.3. The van der Waals surface area contributed by atoms with Gasteiger partial charge in [0.15, 0.2) is 0 Å². The second kappa shape index (κ2) is 7.79. The van der Waals surface area contributed by atoms with Crippen molar-refractivity contribution in [3.8, 4) is 11.9 Å². The predicted octanol–water partition coefficient (Wildman–Crippen LogP) is 1.73. The lowest BCUT2D eigenvalue weighted by molar-refractivity contribution is 0.0856. The summed E-state index contributed by atoms with van der Waals surface area (Å²) in [7, 11) is 2.95. The summed E-state index contributed by atoms with van der Waals surface area (Å²) < 4.78 is 10.1. The first kappa shape index (κ1) is 18.4. The van der Waals surface area contributed by atoms with Gasteiger partial charge in [-0.3, -0.25) is 4.79 Å². The molecule has 1 aromatic heterocycles. The summed E-state index contributed by atoms with van der Waals surface area (Å²) >= 11 is 0. The average molecular weight is 336 g/mol. The third-order valence-electron chi connectivity index (χ3n) is 4.12. The average Bonchev–Trinajstić information content (AvgIpc) is 2.53. The molecule has 1 aliphatic rings. The zero-order valence-electron chi connectivity index (χ0n) is 15.3. The molecule has 2 heterocycles. The van der Waals surface area contributed by atoms with Gasteiger partial charge < -0.3 is 19.7 Å². The molecule has 24 heavy (non-hydrogen) atoms. The number of ether oxygens (including phenoxy) is 2. The molecule has 2 rings (SSSR count). The number of hydrogen-bond acceptors (Lipinski definition) is 6. The molecule has 1 fully saturated rings. The Labute approximate surface area is 143 Å². The Kier molecular flexibility index (Phi) is 5.99. The van der Waals surface area contributed by atoms with Crippen LogP contribution in [0.5, 0.6) is 11.9 Å². The van der Waals surface area contributed by atoms with E-state index in [1.807, 2.05) is 13.8 Å². The molecule has 1 saturated heterocycles. The highest BCUT2D eigenvalue weighted by Crippen LogP contribution is 2.19. The number of carbonyl (C=O) groups excluding carboxylic acids is 1. The van der Waals surface area contributed by atoms with Crippen molar-refractivity contribution in [1.82, 2.24) is 20.2 Å². The maximum absolute atomic E-state index is 12.6. The number of rotatable bonds is 6. The molecule has 134 valence electrons. The monoisotopic (exact) mass is 336 g/mol. The molecule has 0 aromatic carbocycles. The summed E-state index contributed by atoms with van der Waals surface area (Å²) in [5.74, 6) is 0.749. The minimum Gasteiger partial charge on any atom is -0.481 e. The van der Waals surface area contributed by atoms with E-state index in [1.165, 1.54) is 33.1 Å². The van der Waals surface area contributed by atoms with Crippen LogP contribution in [0.4, 0.5) is 0 Å². The van der Waals surface area contributed by atoms with Gasteiger partial charge >= 0.3 is 6.01 Å². The van der Waals surface area contributed by atoms with Crippen LogP contribution in [0.25, 0.3) is 0 Å². The van der Waals surface area contributed by atoms with E-state index in [9.17, 15) is 4.79 Å². The SMILES string of the molecule is COc1cc(C(=O)NC(C)(C)CN2CCC[C@H](C)C2)nc(OC)n1. The van der Waals surface area contributed by atoms with Crippen molar-refractivity contribution in [3.63, 3.8) is 0 Å². The Morgan fingerprint density at radius 1 is 1.38 bits per heavy atom. The lowest BCUT2D eigenvalue weighted by atomic mass is 9.97. The number of carbonyl (C=O) groups is 1. The molecule has 1 aromatic rings. The van der Waals surface area contributed by atoms with Crippen molar-refractivity contribution in [2.75, 3.05) is 33.9 Å². The molecule has 1 atom stereocenters. The van der Waals surface area contributed by atoms with Gasteiger partial charge in [-0.1, -0.05) is 6.92 Å². The van der Waals surface area contributed by atoms with Gasteiger partial charge in [0.1, 0.15) is 5.69 Å². The van der Waals surface area contributed by atoms with E-state index >= 15 is 0 Å². The molecule has 1 N–H and O–H groups in total. The van der Waals surface area contributed by atoms with Gasteiger partial charge in [-0.25, -0.2) is 0 Å². The van der Waals surface area contributed by atoms with Gasteiger partial charge in [-0.05, 0) is 39.2 Å². The molecule has 0 saturated carbocycles. The molecule has 0 radical (unpaired) electrons. The fraction of sp³-hybridized carbons (Fsp3) is 0.706. The summed E-state index contributed by atoms with van der Waals surface area (Å²) in [5, 5.41) is 3.06. The summed E-state index contributed by atoms with van der Waals surface area (Å²) in [6, 6.07) is 1.62. The fourth-order valence-electron chi connectivity index (χ4n) is 3.12. The highest BCUT2D eigenvalue weighted by molar-refractivity contribution is 5.93. The Hall–Kier alpha value is -1.89. The summed E-state index contributed by atoms with van der Waals surface area (Å²) in [5.41, 5.74) is -0.127. The minimum atomic E-state index is -0.362. The van der Waals surface area contributed by atoms with E-state index in [4.69, 9.17) is 9.47 Å². The summed E-state index contributed by atoms with van der Waals surface area (Å²) in [6.45, 7) is 9.30. The van der Waals surface area contributed by atoms with Gasteiger partial charge in [0.2, 0.25) is 5.88 Å². The van der Waals surface area contributed by atoms with Crippen LogP contribution in [-0.2, 0) is 0 Å². The molecule has 7 heteroatoms. The second-order valence-electron chi connectivity index (χ2n) is 7.10. The van der Waals surface area contributed by atoms with Crippen molar-refractivity contribution >= 4 is 5.91 Å². The van der Waals surface area contributed by atoms with Crippen LogP contribution in [0.2, 0.25) is 0 Å². The van der Waals surface area contributed by atoms with Crippen molar-refractivity contribution in [1.29, 1.82) is 0 Å². The van der Waals surface area contributed by atoms with Crippen molar-refractivity contribution in [3.05, 3.63) is 11.8 Å². The number of likely N-dealkylation sites (tertiary alicyclic amines) is 1. The van der Waals surface area contributed by atoms with Crippen LogP contribution in [0.3, 0.4) is 0 Å². The highest BCUT2D eigenvalue weighted by Gasteiger charge is 2.27. The quantitative estimate of drug-likeness (QED) is 0.853. The molecule has 0 spiro atoms. The third kappa shape index (κ3) is 5.06. The third-order valence-corrected chi connectivity index (χ3v) is 4.12. The maximum atomic E-state index is 12.6. The van der Waals surface area contributed by atoms with Gasteiger partial charge in [0.25, 0.3) is 5.91 Å². The molecule has 0 aliphatic carbocycles. The van der Waals surface area contributed by atoms with Crippen LogP contribution >= 0.6 is 0 Å². The number of nitrogens with one attached hydrogen (secondary N) is 1. The van der Waals surface area contributed by atoms with Gasteiger partial charge in [-0.2, -0.15) is 9.97 Å². The summed E-state index contributed by atoms with van der Waals surface area (Å²) in [6.07, 6.45) is 2.50. The number of amides is 1. The normalized spacial score (nSPS) is 19.0. The van der Waals surface area contributed by atoms with Gasteiger partial charge in [-0.15, -0.1) is 0 Å². The minimum absolute atomic E-state index is 0.113.